The summed E-state index contributed by atoms with van der Waals surface area (Å²) < 4.78 is 37.4. The fourth-order valence-electron chi connectivity index (χ4n) is 1.96. The molecule has 1 amide bonds. The van der Waals surface area contributed by atoms with Gasteiger partial charge in [-0.15, -0.1) is 0 Å². The first kappa shape index (κ1) is 14.1. The number of carbonyl (C=O) groups excluding carboxylic acids is 1. The fourth-order valence-corrected chi connectivity index (χ4v) is 2.21. The first-order chi connectivity index (χ1) is 8.82. The average Bonchev–Trinajstić information content (AvgIpc) is 2.69. The zero-order valence-electron chi connectivity index (χ0n) is 9.75. The fraction of sp³-hybridized carbons (Fsp3) is 0.455. The molecular weight excluding hydrogens is 283 g/mol. The van der Waals surface area contributed by atoms with Crippen LogP contribution in [0.2, 0.25) is 5.15 Å². The molecule has 1 saturated heterocycles. The molecular formula is C11H11ClF3N3O. The second kappa shape index (κ2) is 4.97. The van der Waals surface area contributed by atoms with Gasteiger partial charge in [-0.05, 0) is 24.6 Å². The summed E-state index contributed by atoms with van der Waals surface area (Å²) in [7, 11) is 0. The number of amides is 1. The third-order valence-corrected chi connectivity index (χ3v) is 3.23. The van der Waals surface area contributed by atoms with Crippen LogP contribution in [0.15, 0.2) is 12.1 Å². The van der Waals surface area contributed by atoms with Crippen LogP contribution in [0, 0.1) is 5.92 Å². The Kier molecular flexibility index (Phi) is 3.69. The van der Waals surface area contributed by atoms with Gasteiger partial charge in [0.05, 0.1) is 5.69 Å². The zero-order chi connectivity index (χ0) is 14.2. The van der Waals surface area contributed by atoms with E-state index in [1.54, 1.807) is 0 Å². The first-order valence-corrected chi connectivity index (χ1v) is 5.95. The number of nitrogens with zero attached hydrogens (tertiary/aromatic N) is 2. The summed E-state index contributed by atoms with van der Waals surface area (Å²) in [5.41, 5.74) is 4.59. The van der Waals surface area contributed by atoms with Crippen LogP contribution in [-0.2, 0) is 11.0 Å². The van der Waals surface area contributed by atoms with Crippen LogP contribution in [0.3, 0.4) is 0 Å². The molecule has 1 fully saturated rings. The minimum Gasteiger partial charge on any atom is -0.330 e. The van der Waals surface area contributed by atoms with Crippen molar-refractivity contribution >= 4 is 23.2 Å². The van der Waals surface area contributed by atoms with E-state index in [0.717, 1.165) is 12.1 Å². The Morgan fingerprint density at radius 2 is 2.16 bits per heavy atom. The molecule has 2 rings (SSSR count). The van der Waals surface area contributed by atoms with Crippen molar-refractivity contribution in [2.24, 2.45) is 11.7 Å². The predicted octanol–water partition coefficient (Wildman–Crippen LogP) is 2.07. The van der Waals surface area contributed by atoms with Gasteiger partial charge < -0.3 is 10.6 Å². The Bertz CT molecular complexity index is 506. The van der Waals surface area contributed by atoms with E-state index in [-0.39, 0.29) is 29.1 Å². The number of aromatic nitrogens is 1. The van der Waals surface area contributed by atoms with Gasteiger partial charge in [-0.2, -0.15) is 13.2 Å². The second-order valence-corrected chi connectivity index (χ2v) is 4.67. The second-order valence-electron chi connectivity index (χ2n) is 4.31. The van der Waals surface area contributed by atoms with Crippen molar-refractivity contribution in [3.63, 3.8) is 0 Å². The molecule has 1 atom stereocenters. The monoisotopic (exact) mass is 293 g/mol. The van der Waals surface area contributed by atoms with Crippen LogP contribution in [-0.4, -0.2) is 24.0 Å². The quantitative estimate of drug-likeness (QED) is 0.849. The predicted molar refractivity (Wildman–Crippen MR) is 63.8 cm³/mol. The zero-order valence-corrected chi connectivity index (χ0v) is 10.5. The SMILES string of the molecule is NCC1CC(=O)N(c2ccc(C(F)(F)F)nc2Cl)C1. The summed E-state index contributed by atoms with van der Waals surface area (Å²) in [5.74, 6) is -0.218. The van der Waals surface area contributed by atoms with Crippen LogP contribution < -0.4 is 10.6 Å². The third kappa shape index (κ3) is 2.82. The van der Waals surface area contributed by atoms with Crippen molar-refractivity contribution in [1.82, 2.24) is 4.98 Å². The standard InChI is InChI=1S/C11H11ClF3N3O/c12-10-7(1-2-8(17-10)11(13,14)15)18-5-6(4-16)3-9(18)19/h1-2,6H,3-5,16H2. The van der Waals surface area contributed by atoms with Gasteiger partial charge >= 0.3 is 6.18 Å². The summed E-state index contributed by atoms with van der Waals surface area (Å²) in [6.07, 6.45) is -4.29. The van der Waals surface area contributed by atoms with Gasteiger partial charge in [0.2, 0.25) is 5.91 Å². The number of rotatable bonds is 2. The lowest BCUT2D eigenvalue weighted by atomic mass is 10.1. The molecule has 1 aliphatic rings. The number of nitrogens with two attached hydrogens (primary N) is 1. The molecule has 2 N–H and O–H groups in total. The van der Waals surface area contributed by atoms with E-state index in [1.165, 1.54) is 4.90 Å². The number of carbonyl (C=O) groups is 1. The lowest BCUT2D eigenvalue weighted by molar-refractivity contribution is -0.141. The number of halogens is 4. The smallest absolute Gasteiger partial charge is 0.330 e. The lowest BCUT2D eigenvalue weighted by Gasteiger charge is -2.18. The highest BCUT2D eigenvalue weighted by atomic mass is 35.5. The number of hydrogen-bond acceptors (Lipinski definition) is 3. The van der Waals surface area contributed by atoms with E-state index in [2.05, 4.69) is 4.98 Å². The Hall–Kier alpha value is -1.34. The maximum Gasteiger partial charge on any atom is 0.433 e. The molecule has 104 valence electrons. The molecule has 4 nitrogen and oxygen atoms in total. The molecule has 19 heavy (non-hydrogen) atoms. The van der Waals surface area contributed by atoms with Gasteiger partial charge in [0.15, 0.2) is 5.15 Å². The Morgan fingerprint density at radius 1 is 1.47 bits per heavy atom. The average molecular weight is 294 g/mol. The van der Waals surface area contributed by atoms with E-state index >= 15 is 0 Å². The normalized spacial score (nSPS) is 20.2. The highest BCUT2D eigenvalue weighted by molar-refractivity contribution is 6.32. The summed E-state index contributed by atoms with van der Waals surface area (Å²) in [5, 5.41) is -0.333. The molecule has 1 unspecified atom stereocenters. The summed E-state index contributed by atoms with van der Waals surface area (Å²) in [6, 6.07) is 1.97. The van der Waals surface area contributed by atoms with Crippen LogP contribution in [0.25, 0.3) is 0 Å². The van der Waals surface area contributed by atoms with Gasteiger partial charge in [-0.3, -0.25) is 4.79 Å². The van der Waals surface area contributed by atoms with Crippen molar-refractivity contribution in [3.8, 4) is 0 Å². The molecule has 0 aromatic carbocycles. The van der Waals surface area contributed by atoms with E-state index in [4.69, 9.17) is 17.3 Å². The number of hydrogen-bond donors (Lipinski definition) is 1. The summed E-state index contributed by atoms with van der Waals surface area (Å²) in [4.78, 5) is 16.4. The molecule has 1 aromatic rings. The van der Waals surface area contributed by atoms with E-state index < -0.39 is 11.9 Å². The third-order valence-electron chi connectivity index (χ3n) is 2.95. The van der Waals surface area contributed by atoms with Gasteiger partial charge in [-0.25, -0.2) is 4.98 Å². The van der Waals surface area contributed by atoms with Gasteiger partial charge in [0, 0.05) is 13.0 Å². The van der Waals surface area contributed by atoms with Crippen LogP contribution in [0.4, 0.5) is 18.9 Å². The Labute approximate surface area is 112 Å². The molecule has 0 spiro atoms. The van der Waals surface area contributed by atoms with Crippen LogP contribution in [0.5, 0.6) is 0 Å². The molecule has 0 radical (unpaired) electrons. The van der Waals surface area contributed by atoms with Crippen molar-refractivity contribution in [1.29, 1.82) is 0 Å². The van der Waals surface area contributed by atoms with Crippen molar-refractivity contribution in [2.75, 3.05) is 18.0 Å². The Balaban J connectivity index is 2.30. The summed E-state index contributed by atoms with van der Waals surface area (Å²) in [6.45, 7) is 0.690. The highest BCUT2D eigenvalue weighted by Gasteiger charge is 2.35. The van der Waals surface area contributed by atoms with E-state index in [0.29, 0.717) is 13.1 Å². The molecule has 0 bridgehead atoms. The minimum atomic E-state index is -4.56. The molecule has 0 saturated carbocycles. The first-order valence-electron chi connectivity index (χ1n) is 5.57. The van der Waals surface area contributed by atoms with Crippen molar-refractivity contribution in [2.45, 2.75) is 12.6 Å². The number of anilines is 1. The maximum atomic E-state index is 12.5. The van der Waals surface area contributed by atoms with E-state index in [1.807, 2.05) is 0 Å². The lowest BCUT2D eigenvalue weighted by Crippen LogP contribution is -2.26. The van der Waals surface area contributed by atoms with Gasteiger partial charge in [-0.1, -0.05) is 11.6 Å². The maximum absolute atomic E-state index is 12.5. The number of pyridine rings is 1. The van der Waals surface area contributed by atoms with Crippen molar-refractivity contribution in [3.05, 3.63) is 23.0 Å². The molecule has 2 heterocycles. The minimum absolute atomic E-state index is 0.00846. The van der Waals surface area contributed by atoms with Gasteiger partial charge in [0.25, 0.3) is 0 Å². The van der Waals surface area contributed by atoms with Crippen LogP contribution in [0.1, 0.15) is 12.1 Å². The molecule has 1 aliphatic heterocycles. The topological polar surface area (TPSA) is 59.2 Å². The molecule has 0 aliphatic carbocycles. The Morgan fingerprint density at radius 3 is 2.63 bits per heavy atom. The molecule has 1 aromatic heterocycles. The van der Waals surface area contributed by atoms with E-state index in [9.17, 15) is 18.0 Å². The van der Waals surface area contributed by atoms with Gasteiger partial charge in [0.1, 0.15) is 5.69 Å². The van der Waals surface area contributed by atoms with Crippen LogP contribution >= 0.6 is 11.6 Å². The molecule has 8 heteroatoms. The van der Waals surface area contributed by atoms with Crippen molar-refractivity contribution < 1.29 is 18.0 Å². The summed E-state index contributed by atoms with van der Waals surface area (Å²) >= 11 is 5.74. The number of alkyl halides is 3. The largest absolute Gasteiger partial charge is 0.433 e. The highest BCUT2D eigenvalue weighted by Crippen LogP contribution is 2.34.